The van der Waals surface area contributed by atoms with E-state index in [0.29, 0.717) is 24.2 Å². The lowest BCUT2D eigenvalue weighted by Crippen LogP contribution is -2.46. The molecule has 132 valence electrons. The van der Waals surface area contributed by atoms with Gasteiger partial charge in [-0.3, -0.25) is 14.6 Å². The number of furan rings is 1. The van der Waals surface area contributed by atoms with Crippen LogP contribution in [-0.4, -0.2) is 40.8 Å². The van der Waals surface area contributed by atoms with Gasteiger partial charge in [-0.2, -0.15) is 0 Å². The third-order valence-corrected chi connectivity index (χ3v) is 4.78. The Kier molecular flexibility index (Phi) is 4.39. The number of benzene rings is 1. The average Bonchev–Trinajstić information content (AvgIpc) is 3.22. The van der Waals surface area contributed by atoms with E-state index in [9.17, 15) is 9.59 Å². The molecule has 4 rings (SSSR count). The summed E-state index contributed by atoms with van der Waals surface area (Å²) in [6.07, 6.45) is 6.09. The normalized spacial score (nSPS) is 15.2. The molecule has 3 heterocycles. The lowest BCUT2D eigenvalue weighted by atomic mass is 10.0. The number of nitrogens with one attached hydrogen (secondary N) is 1. The molecule has 1 fully saturated rings. The lowest BCUT2D eigenvalue weighted by molar-refractivity contribution is 0.0697. The van der Waals surface area contributed by atoms with Crippen molar-refractivity contribution >= 4 is 22.7 Å². The molecular weight excluding hydrogens is 330 g/mol. The zero-order valence-corrected chi connectivity index (χ0v) is 14.2. The summed E-state index contributed by atoms with van der Waals surface area (Å²) in [6.45, 7) is 1.23. The summed E-state index contributed by atoms with van der Waals surface area (Å²) in [7, 11) is 0. The first-order valence-electron chi connectivity index (χ1n) is 8.68. The van der Waals surface area contributed by atoms with Crippen LogP contribution in [0.4, 0.5) is 0 Å². The number of piperidine rings is 1. The topological polar surface area (TPSA) is 75.4 Å². The van der Waals surface area contributed by atoms with Crippen LogP contribution in [0.25, 0.3) is 10.9 Å². The van der Waals surface area contributed by atoms with Crippen LogP contribution in [0.3, 0.4) is 0 Å². The molecule has 0 radical (unpaired) electrons. The Bertz CT molecular complexity index is 923. The number of rotatable bonds is 3. The van der Waals surface area contributed by atoms with Gasteiger partial charge in [0.05, 0.1) is 22.9 Å². The second kappa shape index (κ2) is 7.00. The molecule has 3 aromatic rings. The van der Waals surface area contributed by atoms with Crippen molar-refractivity contribution in [1.29, 1.82) is 0 Å². The first kappa shape index (κ1) is 16.3. The SMILES string of the molecule is O=C(NC1CCN(C(=O)c2ccoc2)CC1)c1ccnc2ccccc12. The molecular formula is C20H19N3O3. The summed E-state index contributed by atoms with van der Waals surface area (Å²) >= 11 is 0. The predicted molar refractivity (Wildman–Crippen MR) is 96.8 cm³/mol. The quantitative estimate of drug-likeness (QED) is 0.789. The highest BCUT2D eigenvalue weighted by Crippen LogP contribution is 2.18. The fourth-order valence-electron chi connectivity index (χ4n) is 3.35. The fourth-order valence-corrected chi connectivity index (χ4v) is 3.35. The van der Waals surface area contributed by atoms with E-state index in [1.54, 1.807) is 23.2 Å². The molecule has 1 N–H and O–H groups in total. The van der Waals surface area contributed by atoms with Crippen LogP contribution < -0.4 is 5.32 Å². The van der Waals surface area contributed by atoms with Gasteiger partial charge >= 0.3 is 0 Å². The average molecular weight is 349 g/mol. The van der Waals surface area contributed by atoms with Gasteiger partial charge < -0.3 is 14.6 Å². The van der Waals surface area contributed by atoms with Gasteiger partial charge in [0, 0.05) is 30.7 Å². The van der Waals surface area contributed by atoms with Gasteiger partial charge in [0.25, 0.3) is 11.8 Å². The smallest absolute Gasteiger partial charge is 0.257 e. The third kappa shape index (κ3) is 3.18. The number of pyridine rings is 1. The largest absolute Gasteiger partial charge is 0.472 e. The minimum Gasteiger partial charge on any atom is -0.472 e. The molecule has 26 heavy (non-hydrogen) atoms. The number of hydrogen-bond acceptors (Lipinski definition) is 4. The molecule has 1 aromatic carbocycles. The summed E-state index contributed by atoms with van der Waals surface area (Å²) < 4.78 is 4.97. The van der Waals surface area contributed by atoms with Gasteiger partial charge in [-0.1, -0.05) is 18.2 Å². The Hall–Kier alpha value is -3.15. The molecule has 6 nitrogen and oxygen atoms in total. The van der Waals surface area contributed by atoms with Crippen molar-refractivity contribution in [1.82, 2.24) is 15.2 Å². The second-order valence-electron chi connectivity index (χ2n) is 6.43. The van der Waals surface area contributed by atoms with Gasteiger partial charge in [-0.15, -0.1) is 0 Å². The zero-order chi connectivity index (χ0) is 17.9. The Morgan fingerprint density at radius 3 is 2.69 bits per heavy atom. The number of likely N-dealkylation sites (tertiary alicyclic amines) is 1. The van der Waals surface area contributed by atoms with E-state index in [1.807, 2.05) is 24.3 Å². The van der Waals surface area contributed by atoms with Crippen LogP contribution in [0.15, 0.2) is 59.5 Å². The van der Waals surface area contributed by atoms with E-state index in [1.165, 1.54) is 12.5 Å². The van der Waals surface area contributed by atoms with Crippen LogP contribution in [0.1, 0.15) is 33.6 Å². The molecule has 6 heteroatoms. The van der Waals surface area contributed by atoms with E-state index in [2.05, 4.69) is 10.3 Å². The number of aromatic nitrogens is 1. The highest BCUT2D eigenvalue weighted by Gasteiger charge is 2.25. The van der Waals surface area contributed by atoms with Crippen LogP contribution in [0.5, 0.6) is 0 Å². The molecule has 2 amide bonds. The Morgan fingerprint density at radius 1 is 1.12 bits per heavy atom. The summed E-state index contributed by atoms with van der Waals surface area (Å²) in [5.41, 5.74) is 2.00. The highest BCUT2D eigenvalue weighted by atomic mass is 16.3. The van der Waals surface area contributed by atoms with Crippen molar-refractivity contribution in [2.24, 2.45) is 0 Å². The lowest BCUT2D eigenvalue weighted by Gasteiger charge is -2.32. The molecule has 2 aromatic heterocycles. The standard InChI is InChI=1S/C20H19N3O3/c24-19(17-5-9-21-18-4-2-1-3-16(17)18)22-15-6-10-23(11-7-15)20(25)14-8-12-26-13-14/h1-5,8-9,12-13,15H,6-7,10-11H2,(H,22,24). The molecule has 1 aliphatic rings. The Balaban J connectivity index is 1.40. The van der Waals surface area contributed by atoms with Crippen LogP contribution in [0.2, 0.25) is 0 Å². The summed E-state index contributed by atoms with van der Waals surface area (Å²) in [6, 6.07) is 11.1. The molecule has 0 aliphatic carbocycles. The van der Waals surface area contributed by atoms with Crippen molar-refractivity contribution in [3.05, 3.63) is 66.2 Å². The molecule has 1 saturated heterocycles. The summed E-state index contributed by atoms with van der Waals surface area (Å²) in [5.74, 6) is -0.119. The van der Waals surface area contributed by atoms with Crippen molar-refractivity contribution < 1.29 is 14.0 Å². The summed E-state index contributed by atoms with van der Waals surface area (Å²) in [4.78, 5) is 31.1. The molecule has 0 bridgehead atoms. The van der Waals surface area contributed by atoms with Crippen molar-refractivity contribution in [2.75, 3.05) is 13.1 Å². The van der Waals surface area contributed by atoms with E-state index >= 15 is 0 Å². The maximum atomic E-state index is 12.7. The fraction of sp³-hybridized carbons (Fsp3) is 0.250. The number of carbonyl (C=O) groups excluding carboxylic acids is 2. The van der Waals surface area contributed by atoms with Crippen LogP contribution in [-0.2, 0) is 0 Å². The highest BCUT2D eigenvalue weighted by molar-refractivity contribution is 6.06. The number of amides is 2. The Labute approximate surface area is 150 Å². The monoisotopic (exact) mass is 349 g/mol. The van der Waals surface area contributed by atoms with Gasteiger partial charge in [0.2, 0.25) is 0 Å². The second-order valence-corrected chi connectivity index (χ2v) is 6.43. The maximum absolute atomic E-state index is 12.7. The molecule has 0 saturated carbocycles. The Morgan fingerprint density at radius 2 is 1.92 bits per heavy atom. The minimum atomic E-state index is -0.0942. The number of fused-ring (bicyclic) bond motifs is 1. The molecule has 0 spiro atoms. The van der Waals surface area contributed by atoms with E-state index in [0.717, 1.165) is 23.7 Å². The van der Waals surface area contributed by atoms with Crippen LogP contribution >= 0.6 is 0 Å². The first-order chi connectivity index (χ1) is 12.7. The van der Waals surface area contributed by atoms with Crippen molar-refractivity contribution in [3.63, 3.8) is 0 Å². The van der Waals surface area contributed by atoms with E-state index in [4.69, 9.17) is 4.42 Å². The third-order valence-electron chi connectivity index (χ3n) is 4.78. The first-order valence-corrected chi connectivity index (χ1v) is 8.68. The zero-order valence-electron chi connectivity index (χ0n) is 14.2. The van der Waals surface area contributed by atoms with E-state index < -0.39 is 0 Å². The number of hydrogen-bond donors (Lipinski definition) is 1. The predicted octanol–water partition coefficient (Wildman–Crippen LogP) is 2.86. The molecule has 0 unspecified atom stereocenters. The van der Waals surface area contributed by atoms with Crippen LogP contribution in [0, 0.1) is 0 Å². The van der Waals surface area contributed by atoms with Crippen molar-refractivity contribution in [2.45, 2.75) is 18.9 Å². The molecule has 1 aliphatic heterocycles. The van der Waals surface area contributed by atoms with Gasteiger partial charge in [-0.05, 0) is 31.0 Å². The van der Waals surface area contributed by atoms with Crippen molar-refractivity contribution in [3.8, 4) is 0 Å². The number of nitrogens with zero attached hydrogens (tertiary/aromatic N) is 2. The van der Waals surface area contributed by atoms with Gasteiger partial charge in [0.1, 0.15) is 6.26 Å². The van der Waals surface area contributed by atoms with E-state index in [-0.39, 0.29) is 17.9 Å². The molecule has 0 atom stereocenters. The number of carbonyl (C=O) groups is 2. The van der Waals surface area contributed by atoms with Gasteiger partial charge in [-0.25, -0.2) is 0 Å². The summed E-state index contributed by atoms with van der Waals surface area (Å²) in [5, 5.41) is 3.95. The maximum Gasteiger partial charge on any atom is 0.257 e. The number of para-hydroxylation sites is 1. The minimum absolute atomic E-state index is 0.0244. The van der Waals surface area contributed by atoms with Gasteiger partial charge in [0.15, 0.2) is 0 Å².